The molecule has 10 heavy (non-hydrogen) atoms. The van der Waals surface area contributed by atoms with Crippen LogP contribution in [0.1, 0.15) is 0 Å². The van der Waals surface area contributed by atoms with Crippen LogP contribution in [0.25, 0.3) is 5.53 Å². The van der Waals surface area contributed by atoms with Crippen molar-refractivity contribution < 1.29 is 4.79 Å². The van der Waals surface area contributed by atoms with E-state index in [1.165, 1.54) is 3.33 Å². The second-order valence-electron chi connectivity index (χ2n) is 3.57. The third kappa shape index (κ3) is 3.05. The molecule has 0 fully saturated rings. The first-order valence-corrected chi connectivity index (χ1v) is 15.3. The van der Waals surface area contributed by atoms with Gasteiger partial charge in [-0.3, -0.25) is 0 Å². The normalized spacial score (nSPS) is 11.4. The van der Waals surface area contributed by atoms with Gasteiger partial charge in [-0.25, -0.2) is 0 Å². The van der Waals surface area contributed by atoms with Crippen molar-refractivity contribution in [2.24, 2.45) is 0 Å². The molecular formula is C6H15AsGeN2. The molecule has 58 valence electrons. The fourth-order valence-electron chi connectivity index (χ4n) is 0.910. The van der Waals surface area contributed by atoms with Crippen molar-refractivity contribution in [1.82, 2.24) is 0 Å². The molecule has 4 heteroatoms. The average Bonchev–Trinajstić information content (AvgIpc) is 1.60. The molecule has 0 aromatic rings. The minimum atomic E-state index is -1.75. The summed E-state index contributed by atoms with van der Waals surface area (Å²) in [5.41, 5.74) is 13.1. The summed E-state index contributed by atoms with van der Waals surface area (Å²) < 4.78 is 1.19. The molecule has 0 aliphatic carbocycles. The van der Waals surface area contributed by atoms with E-state index in [2.05, 4.69) is 33.5 Å². The summed E-state index contributed by atoms with van der Waals surface area (Å²) in [7, 11) is 0. The zero-order valence-electron chi connectivity index (χ0n) is 7.34. The molecular weight excluding hydrogens is 248 g/mol. The fourth-order valence-corrected chi connectivity index (χ4v) is 19.4. The number of nitrogens with zero attached hydrogens (tertiary/aromatic N) is 2. The van der Waals surface area contributed by atoms with E-state index in [-0.39, 0.29) is 0 Å². The van der Waals surface area contributed by atoms with Crippen molar-refractivity contribution in [2.45, 2.75) is 28.7 Å². The Balaban J connectivity index is 4.57. The van der Waals surface area contributed by atoms with E-state index < -0.39 is 27.9 Å². The van der Waals surface area contributed by atoms with Crippen LogP contribution in [0.2, 0.25) is 28.7 Å². The van der Waals surface area contributed by atoms with Crippen LogP contribution in [0.15, 0.2) is 0 Å². The summed E-state index contributed by atoms with van der Waals surface area (Å²) in [5, 5.41) is 0. The Kier molecular flexibility index (Phi) is 3.93. The van der Waals surface area contributed by atoms with Crippen molar-refractivity contribution in [3.05, 3.63) is 5.53 Å². The summed E-state index contributed by atoms with van der Waals surface area (Å²) in [6.45, 7) is 0. The molecule has 0 N–H and O–H groups in total. The molecule has 0 bridgehead atoms. The summed E-state index contributed by atoms with van der Waals surface area (Å²) in [4.78, 5) is 3.42. The quantitative estimate of drug-likeness (QED) is 0.315. The van der Waals surface area contributed by atoms with Crippen LogP contribution in [0.3, 0.4) is 0 Å². The Labute approximate surface area is 70.2 Å². The molecule has 0 heterocycles. The predicted molar refractivity (Wildman–Crippen MR) is 49.5 cm³/mol. The number of hydrogen-bond acceptors (Lipinski definition) is 0. The summed E-state index contributed by atoms with van der Waals surface area (Å²) in [5.74, 6) is 6.80. The Morgan fingerprint density at radius 1 is 1.30 bits per heavy atom. The van der Waals surface area contributed by atoms with Crippen LogP contribution in [0, 0.1) is 0 Å². The van der Waals surface area contributed by atoms with Gasteiger partial charge < -0.3 is 0 Å². The van der Waals surface area contributed by atoms with Crippen LogP contribution in [0.4, 0.5) is 0 Å². The van der Waals surface area contributed by atoms with E-state index in [9.17, 15) is 0 Å². The number of rotatable bonds is 2. The van der Waals surface area contributed by atoms with Crippen LogP contribution >= 0.6 is 0 Å². The van der Waals surface area contributed by atoms with Crippen molar-refractivity contribution in [3.8, 4) is 0 Å². The van der Waals surface area contributed by atoms with E-state index in [0.717, 1.165) is 0 Å². The molecule has 0 spiro atoms. The predicted octanol–water partition coefficient (Wildman–Crippen LogP) is 1.83. The van der Waals surface area contributed by atoms with Crippen molar-refractivity contribution >= 4 is 31.2 Å². The van der Waals surface area contributed by atoms with Crippen molar-refractivity contribution in [1.29, 1.82) is 0 Å². The molecule has 0 aliphatic rings. The molecule has 0 radical (unpaired) electrons. The first-order chi connectivity index (χ1) is 4.39. The maximum absolute atomic E-state index is 8.70. The van der Waals surface area contributed by atoms with Gasteiger partial charge in [0.2, 0.25) is 0 Å². The van der Waals surface area contributed by atoms with Crippen LogP contribution < -0.4 is 0 Å². The molecule has 0 rings (SSSR count). The number of hydrogen-bond donors (Lipinski definition) is 0. The van der Waals surface area contributed by atoms with E-state index >= 15 is 0 Å². The Bertz CT molecular complexity index is 165. The van der Waals surface area contributed by atoms with E-state index in [0.29, 0.717) is 0 Å². The van der Waals surface area contributed by atoms with E-state index in [4.69, 9.17) is 5.53 Å². The first kappa shape index (κ1) is 10.5. The van der Waals surface area contributed by atoms with Gasteiger partial charge in [0.05, 0.1) is 0 Å². The standard InChI is InChI=1S/C6H15AsGeN2/c1-7(2)6(10-9)8(3,4)5/h1-5H3. The third-order valence-corrected chi connectivity index (χ3v) is 18.4. The Morgan fingerprint density at radius 3 is 1.70 bits per heavy atom. The molecule has 0 saturated carbocycles. The van der Waals surface area contributed by atoms with Gasteiger partial charge in [-0.1, -0.05) is 0 Å². The van der Waals surface area contributed by atoms with E-state index in [1.54, 1.807) is 0 Å². The first-order valence-electron chi connectivity index (χ1n) is 3.29. The molecule has 0 atom stereocenters. The zero-order chi connectivity index (χ0) is 8.36. The third-order valence-electron chi connectivity index (χ3n) is 1.19. The van der Waals surface area contributed by atoms with Crippen molar-refractivity contribution in [3.63, 3.8) is 0 Å². The molecule has 0 saturated heterocycles. The fraction of sp³-hybridized carbons (Fsp3) is 0.833. The molecule has 0 aromatic carbocycles. The second kappa shape index (κ2) is 3.75. The molecule has 0 amide bonds. The topological polar surface area (TPSA) is 36.4 Å². The van der Waals surface area contributed by atoms with Gasteiger partial charge in [-0.05, 0) is 0 Å². The second-order valence-corrected chi connectivity index (χ2v) is 20.6. The van der Waals surface area contributed by atoms with Gasteiger partial charge in [-0.2, -0.15) is 0 Å². The van der Waals surface area contributed by atoms with Gasteiger partial charge in [0.25, 0.3) is 0 Å². The summed E-state index contributed by atoms with van der Waals surface area (Å²) in [6.07, 6.45) is 0. The molecule has 0 unspecified atom stereocenters. The van der Waals surface area contributed by atoms with Crippen molar-refractivity contribution in [2.75, 3.05) is 0 Å². The van der Waals surface area contributed by atoms with Gasteiger partial charge >= 0.3 is 70.3 Å². The minimum absolute atomic E-state index is 0.889. The van der Waals surface area contributed by atoms with Crippen LogP contribution in [-0.4, -0.2) is 36.0 Å². The van der Waals surface area contributed by atoms with Gasteiger partial charge in [0.15, 0.2) is 0 Å². The maximum atomic E-state index is 8.70. The van der Waals surface area contributed by atoms with Crippen LogP contribution in [-0.2, 0) is 0 Å². The Morgan fingerprint density at radius 2 is 1.70 bits per heavy atom. The SMILES string of the molecule is C[As](C)[C](=[N+]=[N-])[Ge]([CH3])([CH3])[CH3]. The summed E-state index contributed by atoms with van der Waals surface area (Å²) >= 11 is -2.64. The average molecular weight is 263 g/mol. The molecule has 0 aliphatic heterocycles. The Hall–Kier alpha value is 0.481. The summed E-state index contributed by atoms with van der Waals surface area (Å²) in [6, 6.07) is 0. The zero-order valence-corrected chi connectivity index (χ0v) is 11.3. The van der Waals surface area contributed by atoms with Gasteiger partial charge in [0, 0.05) is 0 Å². The molecule has 2 nitrogen and oxygen atoms in total. The molecule has 0 aromatic heterocycles. The van der Waals surface area contributed by atoms with Gasteiger partial charge in [-0.15, -0.1) is 0 Å². The van der Waals surface area contributed by atoms with Crippen LogP contribution in [0.5, 0.6) is 0 Å². The van der Waals surface area contributed by atoms with Gasteiger partial charge in [0.1, 0.15) is 0 Å². The van der Waals surface area contributed by atoms with E-state index in [1.807, 2.05) is 0 Å². The monoisotopic (exact) mass is 264 g/mol.